The Morgan fingerprint density at radius 2 is 2.04 bits per heavy atom. The van der Waals surface area contributed by atoms with Crippen LogP contribution in [0.2, 0.25) is 0 Å². The zero-order valence-electron chi connectivity index (χ0n) is 13.9. The molecule has 130 valence electrons. The maximum atomic E-state index is 12.8. The number of aryl methyl sites for hydroxylation is 1. The molecule has 0 atom stereocenters. The molecule has 0 radical (unpaired) electrons. The van der Waals surface area contributed by atoms with Crippen molar-refractivity contribution in [2.24, 2.45) is 0 Å². The van der Waals surface area contributed by atoms with Crippen LogP contribution in [0.15, 0.2) is 48.5 Å². The van der Waals surface area contributed by atoms with Crippen LogP contribution in [0.4, 0.5) is 11.4 Å². The average Bonchev–Trinajstić information content (AvgIpc) is 3.04. The van der Waals surface area contributed by atoms with Gasteiger partial charge in [-0.05, 0) is 19.1 Å². The number of anilines is 2. The number of nitrogens with one attached hydrogen (secondary N) is 2. The highest BCUT2D eigenvalue weighted by molar-refractivity contribution is 7.14. The number of nitrogens with zero attached hydrogens (tertiary/aromatic N) is 1. The molecule has 0 aliphatic carbocycles. The molecule has 0 spiro atoms. The van der Waals surface area contributed by atoms with Crippen LogP contribution in [0.3, 0.4) is 0 Å². The van der Waals surface area contributed by atoms with Crippen molar-refractivity contribution in [1.29, 1.82) is 0 Å². The first-order chi connectivity index (χ1) is 12.6. The van der Waals surface area contributed by atoms with Gasteiger partial charge in [0.15, 0.2) is 6.61 Å². The maximum Gasteiger partial charge on any atom is 0.268 e. The van der Waals surface area contributed by atoms with Crippen LogP contribution in [-0.4, -0.2) is 23.4 Å². The lowest BCUT2D eigenvalue weighted by atomic mass is 10.1. The second-order valence-electron chi connectivity index (χ2n) is 5.78. The molecular formula is C19H15N3O3S. The van der Waals surface area contributed by atoms with E-state index in [0.717, 1.165) is 10.6 Å². The van der Waals surface area contributed by atoms with E-state index in [2.05, 4.69) is 15.6 Å². The molecule has 2 aromatic carbocycles. The molecule has 1 aliphatic rings. The van der Waals surface area contributed by atoms with Crippen molar-refractivity contribution in [3.63, 3.8) is 0 Å². The van der Waals surface area contributed by atoms with Crippen LogP contribution in [-0.2, 0) is 4.79 Å². The summed E-state index contributed by atoms with van der Waals surface area (Å²) in [6.45, 7) is 1.85. The fourth-order valence-corrected chi connectivity index (χ4v) is 3.55. The molecule has 0 bridgehead atoms. The normalized spacial score (nSPS) is 12.7. The predicted molar refractivity (Wildman–Crippen MR) is 101 cm³/mol. The van der Waals surface area contributed by atoms with Crippen LogP contribution >= 0.6 is 11.3 Å². The highest BCUT2D eigenvalue weighted by atomic mass is 32.1. The van der Waals surface area contributed by atoms with Gasteiger partial charge in [-0.15, -0.1) is 11.3 Å². The van der Waals surface area contributed by atoms with Crippen molar-refractivity contribution in [3.05, 3.63) is 58.4 Å². The molecular weight excluding hydrogens is 350 g/mol. The van der Waals surface area contributed by atoms with Gasteiger partial charge in [0, 0.05) is 17.3 Å². The van der Waals surface area contributed by atoms with Gasteiger partial charge in [0.05, 0.1) is 16.4 Å². The molecule has 7 heteroatoms. The number of thiazole rings is 1. The van der Waals surface area contributed by atoms with E-state index in [9.17, 15) is 9.59 Å². The number of rotatable bonds is 3. The lowest BCUT2D eigenvalue weighted by Gasteiger charge is -2.18. The van der Waals surface area contributed by atoms with E-state index in [-0.39, 0.29) is 18.4 Å². The van der Waals surface area contributed by atoms with Crippen molar-refractivity contribution in [2.75, 3.05) is 17.2 Å². The fraction of sp³-hybridized carbons (Fsp3) is 0.105. The van der Waals surface area contributed by atoms with Gasteiger partial charge in [-0.2, -0.15) is 0 Å². The van der Waals surface area contributed by atoms with Gasteiger partial charge in [0.1, 0.15) is 10.6 Å². The highest BCUT2D eigenvalue weighted by Crippen LogP contribution is 2.32. The van der Waals surface area contributed by atoms with Crippen LogP contribution in [0, 0.1) is 6.92 Å². The summed E-state index contributed by atoms with van der Waals surface area (Å²) in [7, 11) is 0. The number of ether oxygens (including phenoxy) is 1. The Hall–Kier alpha value is -3.19. The molecule has 0 unspecified atom stereocenters. The van der Waals surface area contributed by atoms with E-state index in [0.29, 0.717) is 27.7 Å². The van der Waals surface area contributed by atoms with Gasteiger partial charge >= 0.3 is 0 Å². The van der Waals surface area contributed by atoms with Gasteiger partial charge in [-0.3, -0.25) is 9.59 Å². The van der Waals surface area contributed by atoms with E-state index in [1.54, 1.807) is 18.2 Å². The molecule has 0 saturated heterocycles. The van der Waals surface area contributed by atoms with Crippen LogP contribution in [0.1, 0.15) is 14.7 Å². The van der Waals surface area contributed by atoms with Crippen LogP contribution in [0.25, 0.3) is 11.3 Å². The van der Waals surface area contributed by atoms with Crippen molar-refractivity contribution in [1.82, 2.24) is 4.98 Å². The lowest BCUT2D eigenvalue weighted by molar-refractivity contribution is -0.118. The Bertz CT molecular complexity index is 999. The van der Waals surface area contributed by atoms with Gasteiger partial charge in [0.25, 0.3) is 11.8 Å². The summed E-state index contributed by atoms with van der Waals surface area (Å²) in [6, 6.07) is 14.7. The molecule has 1 aromatic heterocycles. The summed E-state index contributed by atoms with van der Waals surface area (Å²) in [5, 5.41) is 6.43. The number of aromatic nitrogens is 1. The zero-order chi connectivity index (χ0) is 18.1. The quantitative estimate of drug-likeness (QED) is 0.742. The third kappa shape index (κ3) is 3.16. The number of fused-ring (bicyclic) bond motifs is 1. The predicted octanol–water partition coefficient (Wildman–Crippen LogP) is 3.70. The molecule has 2 heterocycles. The standard InChI is InChI=1S/C19H15N3O3S/c1-11-20-17(12-5-3-2-4-6-12)18(26-11)19(24)21-13-7-8-14-15(9-13)25-10-16(23)22-14/h2-9H,10H2,1H3,(H,21,24)(H,22,23). The summed E-state index contributed by atoms with van der Waals surface area (Å²) in [5.41, 5.74) is 2.76. The third-order valence-electron chi connectivity index (χ3n) is 3.86. The number of hydrogen-bond acceptors (Lipinski definition) is 5. The summed E-state index contributed by atoms with van der Waals surface area (Å²) in [5.74, 6) is 0.113. The third-order valence-corrected chi connectivity index (χ3v) is 4.83. The minimum atomic E-state index is -0.228. The van der Waals surface area contributed by atoms with Gasteiger partial charge in [0.2, 0.25) is 0 Å². The molecule has 0 saturated carbocycles. The second-order valence-corrected chi connectivity index (χ2v) is 6.98. The smallest absolute Gasteiger partial charge is 0.268 e. The van der Waals surface area contributed by atoms with Gasteiger partial charge in [-0.25, -0.2) is 4.98 Å². The molecule has 4 rings (SSSR count). The Morgan fingerprint density at radius 1 is 1.23 bits per heavy atom. The molecule has 2 amide bonds. The SMILES string of the molecule is Cc1nc(-c2ccccc2)c(C(=O)Nc2ccc3c(c2)OCC(=O)N3)s1. The fourth-order valence-electron chi connectivity index (χ4n) is 2.71. The van der Waals surface area contributed by atoms with Crippen molar-refractivity contribution >= 4 is 34.5 Å². The monoisotopic (exact) mass is 365 g/mol. The first-order valence-corrected chi connectivity index (χ1v) is 8.83. The Kier molecular flexibility index (Phi) is 4.14. The van der Waals surface area contributed by atoms with E-state index in [1.807, 2.05) is 37.3 Å². The van der Waals surface area contributed by atoms with Crippen molar-refractivity contribution < 1.29 is 14.3 Å². The minimum absolute atomic E-state index is 0.0312. The molecule has 3 aromatic rings. The van der Waals surface area contributed by atoms with Crippen molar-refractivity contribution in [3.8, 4) is 17.0 Å². The Balaban J connectivity index is 1.61. The molecule has 2 N–H and O–H groups in total. The van der Waals surface area contributed by atoms with Crippen molar-refractivity contribution in [2.45, 2.75) is 6.92 Å². The Labute approximate surface area is 153 Å². The lowest BCUT2D eigenvalue weighted by Crippen LogP contribution is -2.25. The summed E-state index contributed by atoms with van der Waals surface area (Å²) in [4.78, 5) is 29.2. The van der Waals surface area contributed by atoms with Crippen LogP contribution < -0.4 is 15.4 Å². The average molecular weight is 365 g/mol. The summed E-state index contributed by atoms with van der Waals surface area (Å²) >= 11 is 1.35. The molecule has 0 fully saturated rings. The molecule has 26 heavy (non-hydrogen) atoms. The second kappa shape index (κ2) is 6.61. The first-order valence-electron chi connectivity index (χ1n) is 8.01. The highest BCUT2D eigenvalue weighted by Gasteiger charge is 2.20. The number of benzene rings is 2. The van der Waals surface area contributed by atoms with E-state index in [4.69, 9.17) is 4.74 Å². The zero-order valence-corrected chi connectivity index (χ0v) is 14.7. The summed E-state index contributed by atoms with van der Waals surface area (Å²) in [6.07, 6.45) is 0. The van der Waals surface area contributed by atoms with Gasteiger partial charge in [-0.1, -0.05) is 30.3 Å². The summed E-state index contributed by atoms with van der Waals surface area (Å²) < 4.78 is 5.39. The van der Waals surface area contributed by atoms with Crippen LogP contribution in [0.5, 0.6) is 5.75 Å². The maximum absolute atomic E-state index is 12.8. The largest absolute Gasteiger partial charge is 0.482 e. The number of carbonyl (C=O) groups is 2. The first kappa shape index (κ1) is 16.3. The number of amides is 2. The van der Waals surface area contributed by atoms with E-state index >= 15 is 0 Å². The van der Waals surface area contributed by atoms with E-state index in [1.165, 1.54) is 11.3 Å². The topological polar surface area (TPSA) is 80.3 Å². The number of hydrogen-bond donors (Lipinski definition) is 2. The number of carbonyl (C=O) groups excluding carboxylic acids is 2. The molecule has 1 aliphatic heterocycles. The van der Waals surface area contributed by atoms with E-state index < -0.39 is 0 Å². The molecule has 6 nitrogen and oxygen atoms in total. The van der Waals surface area contributed by atoms with Gasteiger partial charge < -0.3 is 15.4 Å². The Morgan fingerprint density at radius 3 is 2.85 bits per heavy atom. The minimum Gasteiger partial charge on any atom is -0.482 e.